The average Bonchev–Trinajstić information content (AvgIpc) is 2.25. The zero-order chi connectivity index (χ0) is 12.0. The zero-order valence-corrected chi connectivity index (χ0v) is 9.45. The number of carbonyl (C=O) groups excluding carboxylic acids is 2. The summed E-state index contributed by atoms with van der Waals surface area (Å²) in [6.45, 7) is 2.48. The molecule has 0 aliphatic heterocycles. The highest BCUT2D eigenvalue weighted by molar-refractivity contribution is 6.19. The third-order valence-corrected chi connectivity index (χ3v) is 2.43. The second-order valence-electron chi connectivity index (χ2n) is 3.82. The molecule has 0 saturated heterocycles. The van der Waals surface area contributed by atoms with Gasteiger partial charge in [-0.05, 0) is 32.3 Å². The molecule has 1 rings (SSSR count). The van der Waals surface area contributed by atoms with Crippen LogP contribution in [0.1, 0.15) is 26.2 Å². The van der Waals surface area contributed by atoms with Crippen molar-refractivity contribution < 1.29 is 14.7 Å². The fraction of sp³-hybridized carbons (Fsp3) is 0.500. The lowest BCUT2D eigenvalue weighted by Gasteiger charge is -2.11. The molecule has 4 nitrogen and oxygen atoms in total. The van der Waals surface area contributed by atoms with Crippen LogP contribution < -0.4 is 5.32 Å². The number of hydrogen-bond acceptors (Lipinski definition) is 4. The molecule has 0 radical (unpaired) electrons. The Balaban J connectivity index is 2.35. The van der Waals surface area contributed by atoms with Gasteiger partial charge in [-0.15, -0.1) is 0 Å². The number of ketones is 2. The van der Waals surface area contributed by atoms with Gasteiger partial charge in [0.15, 0.2) is 5.78 Å². The van der Waals surface area contributed by atoms with Gasteiger partial charge in [-0.1, -0.05) is 0 Å². The number of allylic oxidation sites excluding steroid dienone is 3. The number of aliphatic hydroxyl groups excluding tert-OH is 1. The highest BCUT2D eigenvalue weighted by atomic mass is 16.2. The van der Waals surface area contributed by atoms with Crippen LogP contribution in [0.5, 0.6) is 0 Å². The van der Waals surface area contributed by atoms with E-state index in [4.69, 9.17) is 5.11 Å². The average molecular weight is 223 g/mol. The van der Waals surface area contributed by atoms with Crippen molar-refractivity contribution >= 4 is 11.6 Å². The lowest BCUT2D eigenvalue weighted by molar-refractivity contribution is -0.115. The summed E-state index contributed by atoms with van der Waals surface area (Å²) < 4.78 is 0. The van der Waals surface area contributed by atoms with Gasteiger partial charge < -0.3 is 10.4 Å². The lowest BCUT2D eigenvalue weighted by atomic mass is 10.0. The monoisotopic (exact) mass is 223 g/mol. The van der Waals surface area contributed by atoms with Crippen LogP contribution in [0.2, 0.25) is 0 Å². The molecule has 0 heterocycles. The van der Waals surface area contributed by atoms with E-state index in [-0.39, 0.29) is 18.2 Å². The summed E-state index contributed by atoms with van der Waals surface area (Å²) in [7, 11) is 0. The minimum atomic E-state index is -0.140. The topological polar surface area (TPSA) is 66.4 Å². The molecule has 0 amide bonds. The smallest absolute Gasteiger partial charge is 0.202 e. The summed E-state index contributed by atoms with van der Waals surface area (Å²) in [6, 6.07) is 0. The summed E-state index contributed by atoms with van der Waals surface area (Å²) in [4.78, 5) is 22.8. The Morgan fingerprint density at radius 2 is 1.88 bits per heavy atom. The van der Waals surface area contributed by atoms with Crippen molar-refractivity contribution in [3.05, 3.63) is 23.4 Å². The summed E-state index contributed by atoms with van der Waals surface area (Å²) in [5, 5.41) is 11.5. The first-order valence-corrected chi connectivity index (χ1v) is 5.48. The van der Waals surface area contributed by atoms with Crippen LogP contribution in [-0.4, -0.2) is 29.8 Å². The Labute approximate surface area is 95.0 Å². The first-order chi connectivity index (χ1) is 7.65. The molecule has 0 spiro atoms. The van der Waals surface area contributed by atoms with E-state index in [1.54, 1.807) is 6.92 Å². The van der Waals surface area contributed by atoms with Gasteiger partial charge in [-0.25, -0.2) is 0 Å². The van der Waals surface area contributed by atoms with E-state index in [0.29, 0.717) is 17.8 Å². The molecule has 0 aromatic heterocycles. The second kappa shape index (κ2) is 6.23. The maximum Gasteiger partial charge on any atom is 0.202 e. The van der Waals surface area contributed by atoms with Crippen molar-refractivity contribution in [1.29, 1.82) is 0 Å². The highest BCUT2D eigenvalue weighted by Gasteiger charge is 2.16. The van der Waals surface area contributed by atoms with Gasteiger partial charge >= 0.3 is 0 Å². The Morgan fingerprint density at radius 3 is 2.56 bits per heavy atom. The van der Waals surface area contributed by atoms with Crippen LogP contribution in [0.25, 0.3) is 0 Å². The van der Waals surface area contributed by atoms with Crippen molar-refractivity contribution in [2.75, 3.05) is 13.2 Å². The van der Waals surface area contributed by atoms with Crippen molar-refractivity contribution in [1.82, 2.24) is 5.32 Å². The predicted octanol–water partition coefficient (Wildman–Crippen LogP) is 0.721. The molecule has 0 bridgehead atoms. The van der Waals surface area contributed by atoms with Crippen molar-refractivity contribution in [2.24, 2.45) is 0 Å². The SMILES string of the molecule is CC1=CC(=O)C(NCCCCCO)=CC1=O. The number of rotatable bonds is 6. The summed E-state index contributed by atoms with van der Waals surface area (Å²) in [5.74, 6) is -0.253. The summed E-state index contributed by atoms with van der Waals surface area (Å²) >= 11 is 0. The van der Waals surface area contributed by atoms with Crippen molar-refractivity contribution in [3.8, 4) is 0 Å². The maximum absolute atomic E-state index is 11.5. The van der Waals surface area contributed by atoms with Gasteiger partial charge in [0.05, 0.1) is 5.70 Å². The summed E-state index contributed by atoms with van der Waals surface area (Å²) in [6.07, 6.45) is 5.27. The van der Waals surface area contributed by atoms with Crippen LogP contribution in [0.3, 0.4) is 0 Å². The number of nitrogens with one attached hydrogen (secondary N) is 1. The molecule has 16 heavy (non-hydrogen) atoms. The standard InChI is InChI=1S/C12H17NO3/c1-9-7-12(16)10(8-11(9)15)13-5-3-2-4-6-14/h7-8,13-14H,2-6H2,1H3. The van der Waals surface area contributed by atoms with E-state index in [0.717, 1.165) is 19.3 Å². The van der Waals surface area contributed by atoms with Gasteiger partial charge in [0.25, 0.3) is 0 Å². The van der Waals surface area contributed by atoms with E-state index < -0.39 is 0 Å². The molecule has 88 valence electrons. The van der Waals surface area contributed by atoms with Gasteiger partial charge in [-0.3, -0.25) is 9.59 Å². The van der Waals surface area contributed by atoms with E-state index in [1.807, 2.05) is 0 Å². The first-order valence-electron chi connectivity index (χ1n) is 5.48. The fourth-order valence-corrected chi connectivity index (χ4v) is 1.44. The molecule has 0 saturated carbocycles. The van der Waals surface area contributed by atoms with Crippen LogP contribution in [0.15, 0.2) is 23.4 Å². The molecule has 4 heteroatoms. The van der Waals surface area contributed by atoms with E-state index in [9.17, 15) is 9.59 Å². The van der Waals surface area contributed by atoms with Crippen LogP contribution >= 0.6 is 0 Å². The van der Waals surface area contributed by atoms with Crippen LogP contribution in [0.4, 0.5) is 0 Å². The second-order valence-corrected chi connectivity index (χ2v) is 3.82. The normalized spacial score (nSPS) is 15.9. The highest BCUT2D eigenvalue weighted by Crippen LogP contribution is 2.09. The van der Waals surface area contributed by atoms with E-state index >= 15 is 0 Å². The molecule has 0 fully saturated rings. The fourth-order valence-electron chi connectivity index (χ4n) is 1.44. The van der Waals surface area contributed by atoms with Gasteiger partial charge in [0, 0.05) is 24.8 Å². The molecular weight excluding hydrogens is 206 g/mol. The maximum atomic E-state index is 11.5. The molecule has 0 unspecified atom stereocenters. The third kappa shape index (κ3) is 3.62. The van der Waals surface area contributed by atoms with Gasteiger partial charge in [0.1, 0.15) is 0 Å². The Bertz CT molecular complexity index is 342. The largest absolute Gasteiger partial charge is 0.396 e. The molecule has 1 aliphatic carbocycles. The first kappa shape index (κ1) is 12.6. The minimum absolute atomic E-state index is 0.113. The number of unbranched alkanes of at least 4 members (excludes halogenated alkanes) is 2. The van der Waals surface area contributed by atoms with Crippen molar-refractivity contribution in [2.45, 2.75) is 26.2 Å². The molecule has 0 aromatic rings. The van der Waals surface area contributed by atoms with E-state index in [1.165, 1.54) is 12.2 Å². The van der Waals surface area contributed by atoms with Gasteiger partial charge in [0.2, 0.25) is 5.78 Å². The molecular formula is C12H17NO3. The molecule has 2 N–H and O–H groups in total. The lowest BCUT2D eigenvalue weighted by Crippen LogP contribution is -2.24. The van der Waals surface area contributed by atoms with Crippen molar-refractivity contribution in [3.63, 3.8) is 0 Å². The number of hydrogen-bond donors (Lipinski definition) is 2. The van der Waals surface area contributed by atoms with Crippen LogP contribution in [0, 0.1) is 0 Å². The quantitative estimate of drug-likeness (QED) is 0.514. The van der Waals surface area contributed by atoms with E-state index in [2.05, 4.69) is 5.32 Å². The number of carbonyl (C=O) groups is 2. The Kier molecular flexibility index (Phi) is 4.92. The van der Waals surface area contributed by atoms with Crippen LogP contribution in [-0.2, 0) is 9.59 Å². The van der Waals surface area contributed by atoms with Gasteiger partial charge in [-0.2, -0.15) is 0 Å². The molecule has 0 atom stereocenters. The minimum Gasteiger partial charge on any atom is -0.396 e. The summed E-state index contributed by atoms with van der Waals surface area (Å²) in [5.41, 5.74) is 0.857. The Morgan fingerprint density at radius 1 is 1.12 bits per heavy atom. The molecule has 0 aromatic carbocycles. The number of aliphatic hydroxyl groups is 1. The predicted molar refractivity (Wildman–Crippen MR) is 60.8 cm³/mol. The zero-order valence-electron chi connectivity index (χ0n) is 9.45. The molecule has 1 aliphatic rings. The third-order valence-electron chi connectivity index (χ3n) is 2.43. The Hall–Kier alpha value is -1.42.